The first-order valence-electron chi connectivity index (χ1n) is 31.3. The summed E-state index contributed by atoms with van der Waals surface area (Å²) < 4.78 is 207. The highest BCUT2D eigenvalue weighted by molar-refractivity contribution is 14.1. The number of rotatable bonds is 17. The van der Waals surface area contributed by atoms with Crippen LogP contribution in [-0.4, -0.2) is 132 Å². The number of nitrogens with zero attached hydrogens (tertiary/aromatic N) is 7. The van der Waals surface area contributed by atoms with E-state index in [0.717, 1.165) is 34.8 Å². The van der Waals surface area contributed by atoms with Gasteiger partial charge in [0.1, 0.15) is 61.5 Å². The Labute approximate surface area is 689 Å². The lowest BCUT2D eigenvalue weighted by Crippen LogP contribution is -2.28. The molecule has 0 bridgehead atoms. The number of nitrogens with one attached hydrogen (secondary N) is 3. The maximum absolute atomic E-state index is 14.1. The van der Waals surface area contributed by atoms with E-state index in [1.54, 1.807) is 46.2 Å². The number of hydrogen-bond donors (Lipinski definition) is 6. The summed E-state index contributed by atoms with van der Waals surface area (Å²) >= 11 is 29.3. The Morgan fingerprint density at radius 2 is 0.939 bits per heavy atom. The Morgan fingerprint density at radius 1 is 0.548 bits per heavy atom. The number of amides is 1. The van der Waals surface area contributed by atoms with Crippen LogP contribution >= 0.6 is 80.8 Å². The minimum atomic E-state index is -2.34. The Hall–Kier alpha value is -10.1. The number of aryl methyl sites for hydroxylation is 5. The number of carboxylic acid groups (broad SMARTS) is 1. The van der Waals surface area contributed by atoms with Crippen LogP contribution in [0.25, 0.3) is 0 Å². The average Bonchev–Trinajstić information content (AvgIpc) is 0.827. The number of aromatic nitrogens is 4. The van der Waals surface area contributed by atoms with Crippen molar-refractivity contribution in [1.29, 1.82) is 5.53 Å². The number of aromatic carboxylic acids is 1. The van der Waals surface area contributed by atoms with Crippen LogP contribution in [-0.2, 0) is 25.2 Å². The summed E-state index contributed by atoms with van der Waals surface area (Å²) in [4.78, 5) is 59.4. The van der Waals surface area contributed by atoms with E-state index in [4.69, 9.17) is 86.5 Å². The third-order valence-corrected chi connectivity index (χ3v) is 15.1. The van der Waals surface area contributed by atoms with Crippen molar-refractivity contribution in [2.24, 2.45) is 20.8 Å². The second kappa shape index (κ2) is 52.4. The molecule has 1 amide bonds. The molecule has 0 unspecified atom stereocenters. The van der Waals surface area contributed by atoms with Crippen molar-refractivity contribution in [1.82, 2.24) is 19.9 Å². The molecular weight excluding hydrogens is 1780 g/mol. The Kier molecular flexibility index (Phi) is 47.7. The summed E-state index contributed by atoms with van der Waals surface area (Å²) in [6.07, 6.45) is -0.282. The van der Waals surface area contributed by atoms with Crippen molar-refractivity contribution in [3.05, 3.63) is 196 Å². The van der Waals surface area contributed by atoms with Crippen LogP contribution in [0.3, 0.4) is 0 Å². The zero-order valence-electron chi connectivity index (χ0n) is 63.7. The number of esters is 2. The number of carbonyl (C=O) groups excluding carboxylic acids is 3. The highest BCUT2D eigenvalue weighted by Gasteiger charge is 2.27. The van der Waals surface area contributed by atoms with Crippen molar-refractivity contribution in [2.45, 2.75) is 78.4 Å². The minimum Gasteiger partial charge on any atom is -0.497 e. The molecular formula is C70H76Cl5F12IN12O15. The number of methoxy groups -OCH3 is 9. The molecule has 45 heteroatoms. The third kappa shape index (κ3) is 34.1. The van der Waals surface area contributed by atoms with Gasteiger partial charge >= 0.3 is 24.0 Å². The Balaban J connectivity index is 0.00000131. The largest absolute Gasteiger partial charge is 0.497 e. The van der Waals surface area contributed by atoms with Gasteiger partial charge < -0.3 is 69.3 Å². The summed E-state index contributed by atoms with van der Waals surface area (Å²) in [6, 6.07) is 11.1. The lowest BCUT2D eigenvalue weighted by atomic mass is 10.1. The molecule has 0 atom stereocenters. The quantitative estimate of drug-likeness (QED) is 0.00471. The second-order valence-corrected chi connectivity index (χ2v) is 24.7. The van der Waals surface area contributed by atoms with Crippen molar-refractivity contribution < 1.29 is 124 Å². The van der Waals surface area contributed by atoms with Gasteiger partial charge in [-0.2, -0.15) is 5.53 Å². The minimum absolute atomic E-state index is 0.0137. The SMILES string of the molecule is COC(=O)c1c(F)c(C)cc(OC)c1F.COC(=O)c1cc(C)cc(OC)c1.COc1cc(C)c(F)c(C(=O)O)c1F.COc1cc(C)c(F)c(N)c1F.COc1cc(C)c(F)c(NC(=O)OC(C)(C)C)c1F.COc1cc(OC)c(F)c(NCc2cnc(Cl)nc2Cl)c1F.Clc1ncc(CI)c(Cl)n1.N=NN=NCl.NCC(F)F. The fourth-order valence-electron chi connectivity index (χ4n) is 7.85. The van der Waals surface area contributed by atoms with Gasteiger partial charge in [-0.1, -0.05) is 50.4 Å². The standard InChI is InChI=1S/C13H11Cl2F2N3O2.C13H17F2NO3.C10H10F2O3.C10H12O3.C9H8F2O3.C8H9F2NO.C5H3Cl2IN2.C2H5F2N.ClHN4/c1-21-7-3-8(22-2)10(17)11(9(7)16)18-4-6-5-19-13(15)20-12(6)14;1-7-6-8(18-5)10(15)11(9(7)14)16-12(17)19-13(2,3)4;1-5-4-6(14-2)9(12)7(8(5)11)10(13)15-3;1-7-4-8(10(11)13-3)6-9(5-7)12-2;1-4-3-5(14-2)8(11)6(7(4)10)9(12)13;1-4-3-5(12-2)7(10)8(11)6(4)9;6-4-3(1-8)2-9-5(7)10-4;3-2(4)1-5;1-3-5-4-2/h3,5,18H,4H2,1-2H3;6H,1-5H3,(H,16,17);4H,1-3H3;4-6H,1-3H3;3H,1-2H3,(H,12,13);3H,11H2,1-2H3;2H,1H2;2H,1,5H2;2H. The molecule has 0 aliphatic heterocycles. The molecule has 0 saturated carbocycles. The number of anilines is 3. The highest BCUT2D eigenvalue weighted by Crippen LogP contribution is 2.37. The molecule has 0 spiro atoms. The normalized spacial score (nSPS) is 10.1. The number of nitrogen functional groups attached to an aromatic ring is 1. The van der Waals surface area contributed by atoms with E-state index in [1.165, 1.54) is 102 Å². The molecule has 632 valence electrons. The topological polar surface area (TPSA) is 369 Å². The number of halogens is 18. The predicted octanol–water partition coefficient (Wildman–Crippen LogP) is 19.5. The van der Waals surface area contributed by atoms with Crippen molar-refractivity contribution >= 4 is 122 Å². The number of nitrogens with two attached hydrogens (primary N) is 2. The Bertz CT molecular complexity index is 4610. The first-order valence-corrected chi connectivity index (χ1v) is 34.7. The lowest BCUT2D eigenvalue weighted by molar-refractivity contribution is 0.0583. The number of alkyl halides is 3. The molecule has 6 aromatic carbocycles. The van der Waals surface area contributed by atoms with Crippen LogP contribution in [0.1, 0.15) is 90.8 Å². The maximum Gasteiger partial charge on any atom is 0.412 e. The zero-order chi connectivity index (χ0) is 88.6. The van der Waals surface area contributed by atoms with Gasteiger partial charge in [-0.3, -0.25) is 5.32 Å². The molecule has 0 fully saturated rings. The van der Waals surface area contributed by atoms with E-state index in [1.807, 2.05) is 13.0 Å². The van der Waals surface area contributed by atoms with E-state index < -0.39 is 123 Å². The average molecular weight is 1860 g/mol. The van der Waals surface area contributed by atoms with Crippen LogP contribution in [0.15, 0.2) is 76.0 Å². The predicted molar refractivity (Wildman–Crippen MR) is 412 cm³/mol. The molecule has 115 heavy (non-hydrogen) atoms. The first-order chi connectivity index (χ1) is 53.8. The van der Waals surface area contributed by atoms with Gasteiger partial charge in [-0.05, 0) is 159 Å². The molecule has 2 aromatic heterocycles. The van der Waals surface area contributed by atoms with E-state index in [9.17, 15) is 71.9 Å². The molecule has 27 nitrogen and oxygen atoms in total. The van der Waals surface area contributed by atoms with Crippen LogP contribution in [0.2, 0.25) is 20.9 Å². The van der Waals surface area contributed by atoms with E-state index in [-0.39, 0.29) is 85.0 Å². The van der Waals surface area contributed by atoms with Gasteiger partial charge in [0, 0.05) is 40.6 Å². The Morgan fingerprint density at radius 3 is 1.31 bits per heavy atom. The van der Waals surface area contributed by atoms with Crippen LogP contribution in [0.5, 0.6) is 40.2 Å². The fourth-order valence-corrected chi connectivity index (χ4v) is 9.41. The fraction of sp³-hybridized carbons (Fsp3) is 0.314. The van der Waals surface area contributed by atoms with Gasteiger partial charge in [0.05, 0.1) is 87.9 Å². The smallest absolute Gasteiger partial charge is 0.412 e. The van der Waals surface area contributed by atoms with Crippen LogP contribution in [0.4, 0.5) is 74.5 Å². The molecule has 8 rings (SSSR count). The molecule has 2 heterocycles. The monoisotopic (exact) mass is 1850 g/mol. The van der Waals surface area contributed by atoms with Crippen molar-refractivity contribution in [3.8, 4) is 40.2 Å². The van der Waals surface area contributed by atoms with Gasteiger partial charge in [-0.25, -0.2) is 91.8 Å². The molecule has 0 radical (unpaired) electrons. The number of benzene rings is 6. The van der Waals surface area contributed by atoms with Gasteiger partial charge in [0.2, 0.25) is 10.6 Å². The van der Waals surface area contributed by atoms with Crippen LogP contribution in [0, 0.1) is 98.3 Å². The molecule has 0 saturated heterocycles. The lowest BCUT2D eigenvalue weighted by Gasteiger charge is -2.20. The summed E-state index contributed by atoms with van der Waals surface area (Å²) in [5, 5.41) is 19.0. The zero-order valence-corrected chi connectivity index (χ0v) is 69.7. The molecule has 0 aliphatic carbocycles. The molecule has 0 aliphatic rings. The third-order valence-electron chi connectivity index (χ3n) is 13.2. The maximum atomic E-state index is 14.1. The second-order valence-electron chi connectivity index (χ2n) is 22.4. The number of hydrogen-bond acceptors (Lipinski definition) is 23. The van der Waals surface area contributed by atoms with E-state index in [0.29, 0.717) is 22.0 Å². The van der Waals surface area contributed by atoms with Gasteiger partial charge in [0.25, 0.3) is 6.43 Å². The van der Waals surface area contributed by atoms with Crippen LogP contribution < -0.4 is 55.3 Å². The van der Waals surface area contributed by atoms with Crippen molar-refractivity contribution in [2.75, 3.05) is 86.9 Å². The van der Waals surface area contributed by atoms with Gasteiger partial charge in [0.15, 0.2) is 81.0 Å². The summed E-state index contributed by atoms with van der Waals surface area (Å²) in [7, 11) is 11.5. The van der Waals surface area contributed by atoms with E-state index >= 15 is 0 Å². The summed E-state index contributed by atoms with van der Waals surface area (Å²) in [5.74, 6) is -12.8. The number of ether oxygens (including phenoxy) is 10. The number of carbonyl (C=O) groups is 4. The van der Waals surface area contributed by atoms with Crippen molar-refractivity contribution in [3.63, 3.8) is 0 Å². The molecule has 8 aromatic rings. The van der Waals surface area contributed by atoms with Gasteiger partial charge in [-0.15, -0.1) is 0 Å². The summed E-state index contributed by atoms with van der Waals surface area (Å²) in [6.45, 7) is 12.0. The number of carboxylic acids is 1. The highest BCUT2D eigenvalue weighted by atomic mass is 127. The first kappa shape index (κ1) is 105. The van der Waals surface area contributed by atoms with E-state index in [2.05, 4.69) is 109 Å². The summed E-state index contributed by atoms with van der Waals surface area (Å²) in [5.41, 5.74) is 14.9. The molecule has 8 N–H and O–H groups in total.